The lowest BCUT2D eigenvalue weighted by Crippen LogP contribution is -2.32. The number of rotatable bonds is 6. The smallest absolute Gasteiger partial charge is 0.320 e. The average molecular weight is 300 g/mol. The summed E-state index contributed by atoms with van der Waals surface area (Å²) in [7, 11) is 0. The van der Waals surface area contributed by atoms with E-state index in [2.05, 4.69) is 0 Å². The normalized spacial score (nSPS) is 12.1. The van der Waals surface area contributed by atoms with Gasteiger partial charge in [0.2, 0.25) is 0 Å². The molecule has 0 aromatic heterocycles. The molecule has 0 aliphatic carbocycles. The third-order valence-corrected chi connectivity index (χ3v) is 3.05. The molecule has 4 nitrogen and oxygen atoms in total. The fraction of sp³-hybridized carbons (Fsp3) is 0.467. The molecule has 0 spiro atoms. The van der Waals surface area contributed by atoms with Crippen molar-refractivity contribution in [2.24, 2.45) is 5.92 Å². The Morgan fingerprint density at radius 3 is 2.00 bits per heavy atom. The van der Waals surface area contributed by atoms with Crippen LogP contribution >= 0.6 is 0 Å². The van der Waals surface area contributed by atoms with Crippen LogP contribution in [0.1, 0.15) is 32.3 Å². The summed E-state index contributed by atoms with van der Waals surface area (Å²) in [5.74, 6) is -5.42. The molecule has 1 rings (SSSR count). The second-order valence-corrected chi connectivity index (χ2v) is 4.44. The Hall–Kier alpha value is -1.98. The van der Waals surface area contributed by atoms with Crippen molar-refractivity contribution in [1.29, 1.82) is 0 Å². The van der Waals surface area contributed by atoms with E-state index in [9.17, 15) is 18.4 Å². The van der Waals surface area contributed by atoms with E-state index in [1.807, 2.05) is 0 Å². The maximum atomic E-state index is 13.3. The summed E-state index contributed by atoms with van der Waals surface area (Å²) in [4.78, 5) is 23.9. The topological polar surface area (TPSA) is 52.6 Å². The molecule has 6 heteroatoms. The van der Waals surface area contributed by atoms with Gasteiger partial charge in [-0.3, -0.25) is 9.59 Å². The molecule has 0 heterocycles. The van der Waals surface area contributed by atoms with Crippen LogP contribution in [0.3, 0.4) is 0 Å². The van der Waals surface area contributed by atoms with E-state index < -0.39 is 35.4 Å². The standard InChI is InChI=1S/C15H18F2O4/c1-4-20-14(18)13(15(19)21-5-2)9(3)10-6-7-11(16)12(17)8-10/h6-9,13H,4-5H2,1-3H3/t9-/m1/s1. The highest BCUT2D eigenvalue weighted by Crippen LogP contribution is 2.28. The van der Waals surface area contributed by atoms with Gasteiger partial charge < -0.3 is 9.47 Å². The molecular weight excluding hydrogens is 282 g/mol. The highest BCUT2D eigenvalue weighted by Gasteiger charge is 2.36. The molecule has 0 aliphatic rings. The molecule has 1 aromatic rings. The fourth-order valence-electron chi connectivity index (χ4n) is 1.96. The molecule has 0 fully saturated rings. The summed E-state index contributed by atoms with van der Waals surface area (Å²) < 4.78 is 36.0. The van der Waals surface area contributed by atoms with Crippen molar-refractivity contribution in [1.82, 2.24) is 0 Å². The van der Waals surface area contributed by atoms with E-state index in [-0.39, 0.29) is 13.2 Å². The van der Waals surface area contributed by atoms with Crippen molar-refractivity contribution in [2.45, 2.75) is 26.7 Å². The summed E-state index contributed by atoms with van der Waals surface area (Å²) in [6, 6.07) is 3.24. The van der Waals surface area contributed by atoms with Crippen LogP contribution in [-0.4, -0.2) is 25.2 Å². The molecule has 0 aliphatic heterocycles. The maximum absolute atomic E-state index is 13.3. The fourth-order valence-corrected chi connectivity index (χ4v) is 1.96. The van der Waals surface area contributed by atoms with Crippen LogP contribution in [0.25, 0.3) is 0 Å². The molecule has 116 valence electrons. The van der Waals surface area contributed by atoms with Gasteiger partial charge in [0.15, 0.2) is 17.6 Å². The third-order valence-electron chi connectivity index (χ3n) is 3.05. The van der Waals surface area contributed by atoms with Gasteiger partial charge in [-0.15, -0.1) is 0 Å². The Bertz CT molecular complexity index is 498. The predicted octanol–water partition coefficient (Wildman–Crippen LogP) is 2.81. The van der Waals surface area contributed by atoms with Crippen LogP contribution in [0.2, 0.25) is 0 Å². The lowest BCUT2D eigenvalue weighted by Gasteiger charge is -2.21. The van der Waals surface area contributed by atoms with Crippen LogP contribution < -0.4 is 0 Å². The van der Waals surface area contributed by atoms with Crippen molar-refractivity contribution in [3.05, 3.63) is 35.4 Å². The van der Waals surface area contributed by atoms with Gasteiger partial charge in [0.25, 0.3) is 0 Å². The molecule has 21 heavy (non-hydrogen) atoms. The van der Waals surface area contributed by atoms with Crippen molar-refractivity contribution < 1.29 is 27.8 Å². The van der Waals surface area contributed by atoms with Crippen molar-refractivity contribution >= 4 is 11.9 Å². The minimum absolute atomic E-state index is 0.110. The van der Waals surface area contributed by atoms with Gasteiger partial charge in [0.05, 0.1) is 13.2 Å². The quantitative estimate of drug-likeness (QED) is 0.599. The summed E-state index contributed by atoms with van der Waals surface area (Å²) in [5, 5.41) is 0. The maximum Gasteiger partial charge on any atom is 0.320 e. The Labute approximate surface area is 122 Å². The second-order valence-electron chi connectivity index (χ2n) is 4.44. The average Bonchev–Trinajstić information content (AvgIpc) is 2.42. The van der Waals surface area contributed by atoms with Gasteiger partial charge in [-0.1, -0.05) is 13.0 Å². The number of hydrogen-bond acceptors (Lipinski definition) is 4. The van der Waals surface area contributed by atoms with Crippen LogP contribution in [0, 0.1) is 17.6 Å². The van der Waals surface area contributed by atoms with Crippen molar-refractivity contribution in [3.63, 3.8) is 0 Å². The second kappa shape index (κ2) is 7.71. The molecule has 0 radical (unpaired) electrons. The molecule has 0 amide bonds. The number of ether oxygens (including phenoxy) is 2. The Kier molecular flexibility index (Phi) is 6.27. The monoisotopic (exact) mass is 300 g/mol. The first kappa shape index (κ1) is 17.1. The zero-order valence-corrected chi connectivity index (χ0v) is 12.2. The Balaban J connectivity index is 3.08. The molecule has 1 aromatic carbocycles. The summed E-state index contributed by atoms with van der Waals surface area (Å²) in [6.07, 6.45) is 0. The first-order valence-electron chi connectivity index (χ1n) is 6.70. The number of esters is 2. The zero-order chi connectivity index (χ0) is 16.0. The largest absolute Gasteiger partial charge is 0.465 e. The summed E-state index contributed by atoms with van der Waals surface area (Å²) >= 11 is 0. The molecule has 0 unspecified atom stereocenters. The zero-order valence-electron chi connectivity index (χ0n) is 12.2. The first-order valence-corrected chi connectivity index (χ1v) is 6.70. The van der Waals surface area contributed by atoms with Crippen LogP contribution in [-0.2, 0) is 19.1 Å². The molecule has 0 saturated carbocycles. The molecule has 0 N–H and O–H groups in total. The van der Waals surface area contributed by atoms with E-state index in [0.29, 0.717) is 5.56 Å². The Morgan fingerprint density at radius 2 is 1.57 bits per heavy atom. The van der Waals surface area contributed by atoms with Gasteiger partial charge in [-0.2, -0.15) is 0 Å². The van der Waals surface area contributed by atoms with Crippen molar-refractivity contribution in [2.75, 3.05) is 13.2 Å². The van der Waals surface area contributed by atoms with Crippen LogP contribution in [0.4, 0.5) is 8.78 Å². The number of carbonyl (C=O) groups excluding carboxylic acids is 2. The highest BCUT2D eigenvalue weighted by atomic mass is 19.2. The van der Waals surface area contributed by atoms with E-state index in [1.165, 1.54) is 6.07 Å². The van der Waals surface area contributed by atoms with Crippen molar-refractivity contribution in [3.8, 4) is 0 Å². The van der Waals surface area contributed by atoms with Gasteiger partial charge in [-0.25, -0.2) is 8.78 Å². The lowest BCUT2D eigenvalue weighted by molar-refractivity contribution is -0.162. The molecular formula is C15H18F2O4. The summed E-state index contributed by atoms with van der Waals surface area (Å²) in [6.45, 7) is 5.01. The van der Waals surface area contributed by atoms with Gasteiger partial charge in [-0.05, 0) is 31.5 Å². The summed E-state index contributed by atoms with van der Waals surface area (Å²) in [5.41, 5.74) is 0.319. The van der Waals surface area contributed by atoms with Crippen LogP contribution in [0.5, 0.6) is 0 Å². The first-order chi connectivity index (χ1) is 9.92. The van der Waals surface area contributed by atoms with Gasteiger partial charge in [0.1, 0.15) is 0 Å². The number of halogens is 2. The van der Waals surface area contributed by atoms with E-state index in [4.69, 9.17) is 9.47 Å². The minimum Gasteiger partial charge on any atom is -0.465 e. The number of carbonyl (C=O) groups is 2. The SMILES string of the molecule is CCOC(=O)C(C(=O)OCC)[C@H](C)c1ccc(F)c(F)c1. The van der Waals surface area contributed by atoms with Crippen LogP contribution in [0.15, 0.2) is 18.2 Å². The molecule has 0 bridgehead atoms. The van der Waals surface area contributed by atoms with Gasteiger partial charge >= 0.3 is 11.9 Å². The third kappa shape index (κ3) is 4.24. The molecule has 1 atom stereocenters. The number of hydrogen-bond donors (Lipinski definition) is 0. The predicted molar refractivity (Wildman–Crippen MR) is 71.5 cm³/mol. The highest BCUT2D eigenvalue weighted by molar-refractivity contribution is 5.96. The van der Waals surface area contributed by atoms with E-state index in [0.717, 1.165) is 12.1 Å². The van der Waals surface area contributed by atoms with E-state index in [1.54, 1.807) is 20.8 Å². The van der Waals surface area contributed by atoms with E-state index >= 15 is 0 Å². The number of benzene rings is 1. The lowest BCUT2D eigenvalue weighted by atomic mass is 9.87. The Morgan fingerprint density at radius 1 is 1.05 bits per heavy atom. The molecule has 0 saturated heterocycles. The minimum atomic E-state index is -1.21. The van der Waals surface area contributed by atoms with Gasteiger partial charge in [0, 0.05) is 5.92 Å².